The van der Waals surface area contributed by atoms with E-state index in [0.717, 1.165) is 16.8 Å². The van der Waals surface area contributed by atoms with Gasteiger partial charge in [-0.3, -0.25) is 19.5 Å². The molecule has 0 spiro atoms. The van der Waals surface area contributed by atoms with Crippen molar-refractivity contribution >= 4 is 39.9 Å². The molecule has 2 aromatic heterocycles. The van der Waals surface area contributed by atoms with Crippen molar-refractivity contribution in [3.05, 3.63) is 69.6 Å². The number of aliphatic carboxylic acids is 1. The summed E-state index contributed by atoms with van der Waals surface area (Å²) in [5.74, 6) is -1.52. The number of nitrogens with zero attached hydrogens (tertiary/aromatic N) is 2. The largest absolute Gasteiger partial charge is 0.480 e. The molecule has 0 saturated heterocycles. The first-order chi connectivity index (χ1) is 14.0. The maximum atomic E-state index is 12.6. The molecule has 1 amide bonds. The number of halogens is 1. The Balaban J connectivity index is 1.79. The van der Waals surface area contributed by atoms with Crippen LogP contribution < -0.4 is 15.5 Å². The van der Waals surface area contributed by atoms with Gasteiger partial charge in [0.1, 0.15) is 24.2 Å². The lowest BCUT2D eigenvalue weighted by Gasteiger charge is -2.12. The number of aromatic amines is 1. The fraction of sp³-hybridized carbons (Fsp3) is 0.0526. The molecule has 4 rings (SSSR count). The maximum Gasteiger partial charge on any atom is 0.322 e. The van der Waals surface area contributed by atoms with Gasteiger partial charge in [0.25, 0.3) is 5.91 Å². The molecule has 9 nitrogen and oxygen atoms in total. The number of H-pyrrole nitrogens is 1. The molecule has 0 bridgehead atoms. The van der Waals surface area contributed by atoms with Gasteiger partial charge in [-0.15, -0.1) is 0 Å². The number of carbonyl (C=O) groups excluding carboxylic acids is 1. The Morgan fingerprint density at radius 1 is 1.21 bits per heavy atom. The first-order valence-corrected chi connectivity index (χ1v) is 8.77. The van der Waals surface area contributed by atoms with Gasteiger partial charge in [0.15, 0.2) is 5.65 Å². The zero-order valence-electron chi connectivity index (χ0n) is 14.7. The van der Waals surface area contributed by atoms with Crippen molar-refractivity contribution in [2.75, 3.05) is 6.54 Å². The summed E-state index contributed by atoms with van der Waals surface area (Å²) in [4.78, 5) is 39.5. The molecule has 0 atom stereocenters. The Labute approximate surface area is 167 Å². The molecule has 0 unspecified atom stereocenters. The molecule has 0 saturated carbocycles. The number of nitrogens with one attached hydrogen (secondary N) is 2. The van der Waals surface area contributed by atoms with Gasteiger partial charge < -0.3 is 15.2 Å². The zero-order chi connectivity index (χ0) is 20.5. The van der Waals surface area contributed by atoms with Crippen LogP contribution in [0.25, 0.3) is 16.4 Å². The van der Waals surface area contributed by atoms with Crippen LogP contribution in [0, 0.1) is 0 Å². The minimum absolute atomic E-state index is 0.00802. The van der Waals surface area contributed by atoms with Gasteiger partial charge in [-0.25, -0.2) is 9.50 Å². The van der Waals surface area contributed by atoms with E-state index in [9.17, 15) is 14.4 Å². The van der Waals surface area contributed by atoms with Crippen molar-refractivity contribution in [1.82, 2.24) is 19.9 Å². The van der Waals surface area contributed by atoms with Crippen LogP contribution in [-0.4, -0.2) is 38.1 Å². The molecular formula is C19H13ClN4O5. The van der Waals surface area contributed by atoms with E-state index >= 15 is 0 Å². The predicted molar refractivity (Wildman–Crippen MR) is 105 cm³/mol. The van der Waals surface area contributed by atoms with Crippen LogP contribution in [0.5, 0.6) is 11.6 Å². The Morgan fingerprint density at radius 3 is 2.76 bits per heavy atom. The van der Waals surface area contributed by atoms with Gasteiger partial charge in [-0.2, -0.15) is 0 Å². The zero-order valence-corrected chi connectivity index (χ0v) is 15.4. The molecule has 0 fully saturated rings. The Hall–Kier alpha value is -3.85. The molecule has 2 heterocycles. The van der Waals surface area contributed by atoms with Gasteiger partial charge in [-0.1, -0.05) is 35.9 Å². The first-order valence-electron chi connectivity index (χ1n) is 8.40. The van der Waals surface area contributed by atoms with Crippen LogP contribution in [0.15, 0.2) is 53.6 Å². The highest BCUT2D eigenvalue weighted by molar-refractivity contribution is 6.35. The second-order valence-corrected chi connectivity index (χ2v) is 6.44. The van der Waals surface area contributed by atoms with Crippen molar-refractivity contribution in [3.63, 3.8) is 0 Å². The number of carbonyl (C=O) groups is 2. The lowest BCUT2D eigenvalue weighted by atomic mass is 10.1. The molecule has 4 aromatic rings. The lowest BCUT2D eigenvalue weighted by molar-refractivity contribution is -0.135. The predicted octanol–water partition coefficient (Wildman–Crippen LogP) is 2.44. The fourth-order valence-electron chi connectivity index (χ4n) is 2.95. The van der Waals surface area contributed by atoms with Crippen LogP contribution in [-0.2, 0) is 4.79 Å². The summed E-state index contributed by atoms with van der Waals surface area (Å²) in [6.07, 6.45) is 1.29. The Bertz CT molecular complexity index is 1330. The smallest absolute Gasteiger partial charge is 0.322 e. The van der Waals surface area contributed by atoms with E-state index in [4.69, 9.17) is 21.4 Å². The van der Waals surface area contributed by atoms with Gasteiger partial charge in [0, 0.05) is 21.9 Å². The van der Waals surface area contributed by atoms with E-state index in [2.05, 4.69) is 15.4 Å². The topological polar surface area (TPSA) is 126 Å². The van der Waals surface area contributed by atoms with Crippen molar-refractivity contribution in [3.8, 4) is 11.6 Å². The summed E-state index contributed by atoms with van der Waals surface area (Å²) >= 11 is 6.23. The molecule has 0 aliphatic heterocycles. The quantitative estimate of drug-likeness (QED) is 0.462. The van der Waals surface area contributed by atoms with Crippen LogP contribution in [0.4, 0.5) is 0 Å². The van der Waals surface area contributed by atoms with Crippen molar-refractivity contribution < 1.29 is 19.4 Å². The van der Waals surface area contributed by atoms with Crippen LogP contribution >= 0.6 is 11.6 Å². The average molecular weight is 413 g/mol. The van der Waals surface area contributed by atoms with E-state index in [-0.39, 0.29) is 17.1 Å². The standard InChI is InChI=1S/C19H13ClN4O5/c20-12-5-1-4-11-10(12)3-2-6-14(11)29-15-7-13(25)17(18-22-9-23-24(15)18)19(28)21-8-16(26)27/h1-7,9H,8H2,(H,21,28)(H,22,23)(H,26,27). The van der Waals surface area contributed by atoms with Gasteiger partial charge in [0.05, 0.1) is 0 Å². The van der Waals surface area contributed by atoms with Crippen LogP contribution in [0.3, 0.4) is 0 Å². The minimum Gasteiger partial charge on any atom is -0.480 e. The second-order valence-electron chi connectivity index (χ2n) is 6.04. The number of hydrogen-bond donors (Lipinski definition) is 3. The van der Waals surface area contributed by atoms with Crippen molar-refractivity contribution in [2.24, 2.45) is 0 Å². The summed E-state index contributed by atoms with van der Waals surface area (Å²) < 4.78 is 7.26. The molecule has 0 radical (unpaired) electrons. The molecular weight excluding hydrogens is 400 g/mol. The third-order valence-corrected chi connectivity index (χ3v) is 4.53. The van der Waals surface area contributed by atoms with E-state index in [1.165, 1.54) is 10.8 Å². The number of hydrogen-bond acceptors (Lipinski definition) is 5. The number of rotatable bonds is 5. The Morgan fingerprint density at radius 2 is 1.97 bits per heavy atom. The number of carboxylic acid groups (broad SMARTS) is 1. The summed E-state index contributed by atoms with van der Waals surface area (Å²) in [5.41, 5.74) is -0.942. The van der Waals surface area contributed by atoms with Crippen LogP contribution in [0.2, 0.25) is 5.02 Å². The molecule has 2 aromatic carbocycles. The maximum absolute atomic E-state index is 12.6. The Kier molecular flexibility index (Phi) is 4.65. The van der Waals surface area contributed by atoms with E-state index in [1.807, 2.05) is 12.1 Å². The summed E-state index contributed by atoms with van der Waals surface area (Å²) in [5, 5.41) is 15.7. The van der Waals surface area contributed by atoms with Crippen molar-refractivity contribution in [2.45, 2.75) is 0 Å². The minimum atomic E-state index is -1.23. The monoisotopic (exact) mass is 412 g/mol. The van der Waals surface area contributed by atoms with E-state index < -0.39 is 23.9 Å². The fourth-order valence-corrected chi connectivity index (χ4v) is 3.18. The number of ether oxygens (including phenoxy) is 1. The molecule has 10 heteroatoms. The summed E-state index contributed by atoms with van der Waals surface area (Å²) in [6.45, 7) is -0.621. The van der Waals surface area contributed by atoms with Gasteiger partial charge in [0.2, 0.25) is 11.3 Å². The third-order valence-electron chi connectivity index (χ3n) is 4.20. The third kappa shape index (κ3) is 3.39. The number of fused-ring (bicyclic) bond motifs is 2. The number of benzene rings is 2. The first kappa shape index (κ1) is 18.5. The van der Waals surface area contributed by atoms with E-state index in [1.54, 1.807) is 24.3 Å². The van der Waals surface area contributed by atoms with E-state index in [0.29, 0.717) is 10.8 Å². The number of amides is 1. The summed E-state index contributed by atoms with van der Waals surface area (Å²) in [7, 11) is 0. The van der Waals surface area contributed by atoms with Crippen LogP contribution in [0.1, 0.15) is 10.4 Å². The highest BCUT2D eigenvalue weighted by Gasteiger charge is 2.20. The summed E-state index contributed by atoms with van der Waals surface area (Å²) in [6, 6.07) is 11.8. The molecule has 0 aliphatic carbocycles. The SMILES string of the molecule is O=C(O)CNC(=O)c1c(=O)cc(Oc2cccc3c(Cl)cccc23)n2[nH]cnc12. The molecule has 146 valence electrons. The molecule has 29 heavy (non-hydrogen) atoms. The normalized spacial score (nSPS) is 10.9. The molecule has 3 N–H and O–H groups in total. The number of carboxylic acids is 1. The van der Waals surface area contributed by atoms with Gasteiger partial charge in [-0.05, 0) is 12.1 Å². The number of pyridine rings is 1. The van der Waals surface area contributed by atoms with Gasteiger partial charge >= 0.3 is 5.97 Å². The lowest BCUT2D eigenvalue weighted by Crippen LogP contribution is -2.33. The highest BCUT2D eigenvalue weighted by atomic mass is 35.5. The number of aromatic nitrogens is 3. The van der Waals surface area contributed by atoms with Crippen molar-refractivity contribution in [1.29, 1.82) is 0 Å². The second kappa shape index (κ2) is 7.28. The highest BCUT2D eigenvalue weighted by Crippen LogP contribution is 2.33. The molecule has 0 aliphatic rings. The average Bonchev–Trinajstić information content (AvgIpc) is 3.17.